The van der Waals surface area contributed by atoms with Gasteiger partial charge >= 0.3 is 0 Å². The van der Waals surface area contributed by atoms with Gasteiger partial charge in [0.15, 0.2) is 0 Å². The number of rotatable bonds is 1. The lowest BCUT2D eigenvalue weighted by Gasteiger charge is -1.65. The monoisotopic (exact) mass is 144 g/mol. The molecule has 0 aliphatic carbocycles. The maximum absolute atomic E-state index is 9.45. The average molecular weight is 145 g/mol. The van der Waals surface area contributed by atoms with Gasteiger partial charge in [-0.25, -0.2) is 0 Å². The fraction of sp³-hybridized carbons (Fsp3) is 0.500. The molecular formula is C2H6Cl2OSi. The molecule has 0 fully saturated rings. The van der Waals surface area contributed by atoms with Crippen LogP contribution in [0.25, 0.3) is 0 Å². The van der Waals surface area contributed by atoms with Crippen LogP contribution in [0.2, 0.25) is 0 Å². The van der Waals surface area contributed by atoms with Crippen LogP contribution < -0.4 is 0 Å². The molecule has 0 saturated carbocycles. The summed E-state index contributed by atoms with van der Waals surface area (Å²) < 4.78 is 0. The molecule has 0 bridgehead atoms. The van der Waals surface area contributed by atoms with E-state index < -0.39 is 5.24 Å². The zero-order valence-corrected chi connectivity index (χ0v) is 3.88. The van der Waals surface area contributed by atoms with Crippen molar-refractivity contribution in [1.82, 2.24) is 0 Å². The van der Waals surface area contributed by atoms with E-state index in [2.05, 4.69) is 0 Å². The van der Waals surface area contributed by atoms with Crippen LogP contribution in [0, 0.1) is 0 Å². The van der Waals surface area contributed by atoms with Crippen molar-refractivity contribution in [3.05, 3.63) is 0 Å². The van der Waals surface area contributed by atoms with Crippen molar-refractivity contribution in [2.45, 2.75) is 0 Å². The number of carbonyl (C=O) groups is 1. The van der Waals surface area contributed by atoms with Gasteiger partial charge in [0.2, 0.25) is 5.24 Å². The first-order valence-electron chi connectivity index (χ1n) is 1.01. The summed E-state index contributed by atoms with van der Waals surface area (Å²) in [5, 5.41) is -0.508. The van der Waals surface area contributed by atoms with E-state index in [1.165, 1.54) is 0 Å². The lowest BCUT2D eigenvalue weighted by molar-refractivity contribution is -0.109. The van der Waals surface area contributed by atoms with E-state index in [1.54, 1.807) is 0 Å². The lowest BCUT2D eigenvalue weighted by atomic mass is 10.9. The zero-order chi connectivity index (χ0) is 4.28. The first-order valence-corrected chi connectivity index (χ1v) is 1.93. The molecule has 0 aromatic rings. The minimum Gasteiger partial charge on any atom is -0.280 e. The van der Waals surface area contributed by atoms with E-state index in [9.17, 15) is 4.79 Å². The van der Waals surface area contributed by atoms with Gasteiger partial charge < -0.3 is 0 Å². The van der Waals surface area contributed by atoms with E-state index in [4.69, 9.17) is 23.2 Å². The Bertz CT molecular complexity index is 46.8. The quantitative estimate of drug-likeness (QED) is 0.277. The van der Waals surface area contributed by atoms with Crippen molar-refractivity contribution < 1.29 is 4.79 Å². The van der Waals surface area contributed by atoms with Gasteiger partial charge in [0.1, 0.15) is 0 Å². The highest BCUT2D eigenvalue weighted by Crippen LogP contribution is 1.80. The SMILES string of the molecule is O=C(Cl)CCl.[SiH4]. The van der Waals surface area contributed by atoms with Gasteiger partial charge in [-0.3, -0.25) is 4.79 Å². The molecule has 0 heterocycles. The molecule has 0 N–H and O–H groups in total. The molecule has 0 aliphatic heterocycles. The second-order valence-corrected chi connectivity index (χ2v) is 1.18. The smallest absolute Gasteiger partial charge is 0.236 e. The molecule has 0 saturated heterocycles. The van der Waals surface area contributed by atoms with Gasteiger partial charge in [-0.15, -0.1) is 11.6 Å². The molecule has 0 atom stereocenters. The largest absolute Gasteiger partial charge is 0.280 e. The van der Waals surface area contributed by atoms with Crippen LogP contribution in [-0.4, -0.2) is 22.1 Å². The molecule has 1 nitrogen and oxygen atoms in total. The van der Waals surface area contributed by atoms with Crippen LogP contribution in [0.5, 0.6) is 0 Å². The summed E-state index contributed by atoms with van der Waals surface area (Å²) in [5.41, 5.74) is 0. The summed E-state index contributed by atoms with van der Waals surface area (Å²) in [7, 11) is 0. The van der Waals surface area contributed by atoms with Crippen LogP contribution in [0.3, 0.4) is 0 Å². The maximum atomic E-state index is 9.45. The average Bonchev–Trinajstić information content (AvgIpc) is 1.38. The van der Waals surface area contributed by atoms with Crippen molar-refractivity contribution >= 4 is 39.4 Å². The van der Waals surface area contributed by atoms with E-state index >= 15 is 0 Å². The van der Waals surface area contributed by atoms with Crippen LogP contribution in [0.15, 0.2) is 0 Å². The first kappa shape index (κ1) is 9.69. The number of alkyl halides is 1. The maximum Gasteiger partial charge on any atom is 0.236 e. The van der Waals surface area contributed by atoms with Crippen molar-refractivity contribution in [1.29, 1.82) is 0 Å². The molecule has 4 heteroatoms. The van der Waals surface area contributed by atoms with Crippen molar-refractivity contribution in [2.75, 3.05) is 5.88 Å². The number of hydrogen-bond donors (Lipinski definition) is 0. The highest BCUT2D eigenvalue weighted by atomic mass is 35.5. The third kappa shape index (κ3) is 8.82. The molecule has 0 unspecified atom stereocenters. The minimum atomic E-state index is -0.508. The summed E-state index contributed by atoms with van der Waals surface area (Å²) in [5.74, 6) is -0.0957. The Hall–Kier alpha value is 0.467. The molecule has 0 amide bonds. The Morgan fingerprint density at radius 1 is 1.67 bits per heavy atom. The Morgan fingerprint density at radius 2 is 1.83 bits per heavy atom. The van der Waals surface area contributed by atoms with Gasteiger partial charge in [-0.05, 0) is 22.6 Å². The highest BCUT2D eigenvalue weighted by Gasteiger charge is 1.83. The molecule has 0 aromatic carbocycles. The summed E-state index contributed by atoms with van der Waals surface area (Å²) in [6.07, 6.45) is 0. The molecule has 0 radical (unpaired) electrons. The fourth-order valence-electron chi connectivity index (χ4n) is 0. The lowest BCUT2D eigenvalue weighted by Crippen LogP contribution is -1.81. The molecular weight excluding hydrogens is 139 g/mol. The second kappa shape index (κ2) is 5.47. The molecule has 0 spiro atoms. The topological polar surface area (TPSA) is 17.1 Å². The van der Waals surface area contributed by atoms with Crippen LogP contribution in [0.4, 0.5) is 0 Å². The van der Waals surface area contributed by atoms with Gasteiger partial charge in [-0.2, -0.15) is 0 Å². The van der Waals surface area contributed by atoms with Gasteiger partial charge in [-0.1, -0.05) is 0 Å². The normalized spacial score (nSPS) is 6.33. The third-order valence-electron chi connectivity index (χ3n) is 0.105. The number of halogens is 2. The van der Waals surface area contributed by atoms with Gasteiger partial charge in [0, 0.05) is 0 Å². The van der Waals surface area contributed by atoms with Crippen LogP contribution in [0.1, 0.15) is 0 Å². The molecule has 0 aliphatic rings. The van der Waals surface area contributed by atoms with E-state index in [-0.39, 0.29) is 16.8 Å². The van der Waals surface area contributed by atoms with Crippen LogP contribution in [-0.2, 0) is 4.79 Å². The number of hydrogen-bond acceptors (Lipinski definition) is 1. The molecule has 6 heavy (non-hydrogen) atoms. The second-order valence-electron chi connectivity index (χ2n) is 0.489. The highest BCUT2D eigenvalue weighted by molar-refractivity contribution is 6.67. The molecule has 0 rings (SSSR count). The van der Waals surface area contributed by atoms with Crippen molar-refractivity contribution in [3.63, 3.8) is 0 Å². The fourth-order valence-corrected chi connectivity index (χ4v) is 0. The van der Waals surface area contributed by atoms with Crippen molar-refractivity contribution in [2.24, 2.45) is 0 Å². The molecule has 0 aromatic heterocycles. The third-order valence-corrected chi connectivity index (χ3v) is 0.618. The zero-order valence-electron chi connectivity index (χ0n) is 2.37. The van der Waals surface area contributed by atoms with Crippen molar-refractivity contribution in [3.8, 4) is 0 Å². The van der Waals surface area contributed by atoms with E-state index in [0.29, 0.717) is 0 Å². The van der Waals surface area contributed by atoms with Gasteiger partial charge in [0.05, 0.1) is 5.88 Å². The summed E-state index contributed by atoms with van der Waals surface area (Å²) in [6, 6.07) is 0. The van der Waals surface area contributed by atoms with E-state index in [0.717, 1.165) is 0 Å². The Balaban J connectivity index is 0. The Morgan fingerprint density at radius 3 is 1.83 bits per heavy atom. The standard InChI is InChI=1S/C2H2Cl2O.H4Si/c3-1-2(4)5;/h1H2;1H4. The summed E-state index contributed by atoms with van der Waals surface area (Å²) >= 11 is 9.55. The number of carbonyl (C=O) groups excluding carboxylic acids is 1. The van der Waals surface area contributed by atoms with Gasteiger partial charge in [0.25, 0.3) is 0 Å². The predicted molar refractivity (Wildman–Crippen MR) is 32.9 cm³/mol. The molecule has 38 valence electrons. The Kier molecular flexibility index (Phi) is 8.83. The first-order chi connectivity index (χ1) is 2.27. The summed E-state index contributed by atoms with van der Waals surface area (Å²) in [4.78, 5) is 9.45. The van der Waals surface area contributed by atoms with Crippen LogP contribution >= 0.6 is 23.2 Å². The Labute approximate surface area is 50.6 Å². The predicted octanol–water partition coefficient (Wildman–Crippen LogP) is -0.461. The minimum absolute atomic E-state index is 0. The van der Waals surface area contributed by atoms with E-state index in [1.807, 2.05) is 0 Å². The summed E-state index contributed by atoms with van der Waals surface area (Å²) in [6.45, 7) is 0.